The number of nitrogens with one attached hydrogen (secondary N) is 3. The summed E-state index contributed by atoms with van der Waals surface area (Å²) in [6, 6.07) is 15.1. The maximum atomic E-state index is 13.8. The molecule has 3 aromatic rings. The third-order valence-electron chi connectivity index (χ3n) is 7.32. The lowest BCUT2D eigenvalue weighted by Gasteiger charge is -2.28. The average Bonchev–Trinajstić information content (AvgIpc) is 3.57. The minimum absolute atomic E-state index is 0.0843. The lowest BCUT2D eigenvalue weighted by Crippen LogP contribution is -2.51. The van der Waals surface area contributed by atoms with Crippen molar-refractivity contribution in [2.24, 2.45) is 5.92 Å². The van der Waals surface area contributed by atoms with Crippen molar-refractivity contribution < 1.29 is 19.1 Å². The molecule has 9 heteroatoms. The lowest BCUT2D eigenvalue weighted by atomic mass is 9.80. The molecule has 1 fully saturated rings. The molecule has 1 saturated heterocycles. The van der Waals surface area contributed by atoms with E-state index in [1.165, 1.54) is 4.90 Å². The highest BCUT2D eigenvalue weighted by Gasteiger charge is 2.56. The Morgan fingerprint density at radius 3 is 2.76 bits per heavy atom. The third-order valence-corrected chi connectivity index (χ3v) is 7.32. The van der Waals surface area contributed by atoms with Gasteiger partial charge in [-0.2, -0.15) is 5.26 Å². The Kier molecular flexibility index (Phi) is 6.12. The normalized spacial score (nSPS) is 21.1. The van der Waals surface area contributed by atoms with Gasteiger partial charge in [0.2, 0.25) is 11.8 Å². The molecule has 3 atom stereocenters. The summed E-state index contributed by atoms with van der Waals surface area (Å²) in [5.74, 6) is -0.262. The Labute approximate surface area is 214 Å². The second-order valence-electron chi connectivity index (χ2n) is 10.2. The quantitative estimate of drug-likeness (QED) is 0.479. The molecule has 9 nitrogen and oxygen atoms in total. The number of methoxy groups -OCH3 is 1. The molecular weight excluding hydrogens is 470 g/mol. The van der Waals surface area contributed by atoms with Crippen molar-refractivity contribution in [1.29, 1.82) is 5.26 Å². The van der Waals surface area contributed by atoms with Crippen molar-refractivity contribution in [3.05, 3.63) is 59.8 Å². The van der Waals surface area contributed by atoms with Gasteiger partial charge in [0.15, 0.2) is 0 Å². The molecule has 3 heterocycles. The standard InChI is InChI=1S/C28H29N5O4/c1-16(2)11-23(31-25(34)22-12-18-20(30-22)9-6-10-24(18)37-3)26(35)33-15-28(13-17(33)14-29)19-7-4-5-8-21(19)32-27(28)36/h4-10,12,16-17,23,30H,11,13,15H2,1-3H3,(H,31,34)(H,32,36)/t17-,23+,28-/m0/s1. The Balaban J connectivity index is 1.42. The number of anilines is 1. The molecule has 3 amide bonds. The number of rotatable bonds is 6. The Morgan fingerprint density at radius 1 is 1.24 bits per heavy atom. The summed E-state index contributed by atoms with van der Waals surface area (Å²) < 4.78 is 5.39. The number of hydrogen-bond donors (Lipinski definition) is 3. The van der Waals surface area contributed by atoms with E-state index in [-0.39, 0.29) is 30.7 Å². The molecule has 0 bridgehead atoms. The summed E-state index contributed by atoms with van der Waals surface area (Å²) in [4.78, 5) is 44.7. The van der Waals surface area contributed by atoms with Crippen LogP contribution in [0.15, 0.2) is 48.5 Å². The molecule has 0 unspecified atom stereocenters. The molecule has 1 aromatic heterocycles. The van der Waals surface area contributed by atoms with E-state index < -0.39 is 23.4 Å². The summed E-state index contributed by atoms with van der Waals surface area (Å²) >= 11 is 0. The molecule has 5 rings (SSSR count). The fourth-order valence-electron chi connectivity index (χ4n) is 5.54. The predicted molar refractivity (Wildman–Crippen MR) is 138 cm³/mol. The number of benzene rings is 2. The molecule has 1 spiro atoms. The van der Waals surface area contributed by atoms with Crippen LogP contribution < -0.4 is 15.4 Å². The van der Waals surface area contributed by atoms with Gasteiger partial charge < -0.3 is 25.3 Å². The number of aromatic nitrogens is 1. The van der Waals surface area contributed by atoms with E-state index in [0.29, 0.717) is 23.6 Å². The number of carbonyl (C=O) groups excluding carboxylic acids is 3. The van der Waals surface area contributed by atoms with Crippen molar-refractivity contribution in [2.75, 3.05) is 19.0 Å². The highest BCUT2D eigenvalue weighted by molar-refractivity contribution is 6.07. The predicted octanol–water partition coefficient (Wildman–Crippen LogP) is 3.34. The van der Waals surface area contributed by atoms with E-state index in [9.17, 15) is 19.6 Å². The number of hydrogen-bond acceptors (Lipinski definition) is 5. The summed E-state index contributed by atoms with van der Waals surface area (Å²) in [5, 5.41) is 16.5. The molecular formula is C28H29N5O4. The minimum atomic E-state index is -0.979. The summed E-state index contributed by atoms with van der Waals surface area (Å²) in [6.45, 7) is 4.02. The second-order valence-corrected chi connectivity index (χ2v) is 10.2. The van der Waals surface area contributed by atoms with E-state index in [1.807, 2.05) is 56.3 Å². The summed E-state index contributed by atoms with van der Waals surface area (Å²) in [6.07, 6.45) is 0.598. The summed E-state index contributed by atoms with van der Waals surface area (Å²) in [7, 11) is 1.57. The molecule has 2 aromatic carbocycles. The smallest absolute Gasteiger partial charge is 0.268 e. The van der Waals surface area contributed by atoms with Gasteiger partial charge in [0.1, 0.15) is 23.5 Å². The number of nitriles is 1. The largest absolute Gasteiger partial charge is 0.496 e. The molecule has 0 aliphatic carbocycles. The first kappa shape index (κ1) is 24.4. The number of aromatic amines is 1. The van der Waals surface area contributed by atoms with Gasteiger partial charge in [0.25, 0.3) is 5.91 Å². The Bertz CT molecular complexity index is 1440. The first-order valence-corrected chi connectivity index (χ1v) is 12.3. The zero-order chi connectivity index (χ0) is 26.3. The van der Waals surface area contributed by atoms with Gasteiger partial charge in [0, 0.05) is 29.6 Å². The van der Waals surface area contributed by atoms with Gasteiger partial charge in [0.05, 0.1) is 18.6 Å². The fourth-order valence-corrected chi connectivity index (χ4v) is 5.54. The van der Waals surface area contributed by atoms with Gasteiger partial charge in [-0.25, -0.2) is 0 Å². The number of likely N-dealkylation sites (tertiary alicyclic amines) is 1. The topological polar surface area (TPSA) is 127 Å². The minimum Gasteiger partial charge on any atom is -0.496 e. The first-order chi connectivity index (χ1) is 17.8. The average molecular weight is 500 g/mol. The van der Waals surface area contributed by atoms with Gasteiger partial charge >= 0.3 is 0 Å². The van der Waals surface area contributed by atoms with Crippen LogP contribution in [0.3, 0.4) is 0 Å². The molecule has 37 heavy (non-hydrogen) atoms. The van der Waals surface area contributed by atoms with Crippen LogP contribution in [0.4, 0.5) is 5.69 Å². The van der Waals surface area contributed by atoms with E-state index in [4.69, 9.17) is 4.74 Å². The molecule has 190 valence electrons. The first-order valence-electron chi connectivity index (χ1n) is 12.3. The van der Waals surface area contributed by atoms with Crippen LogP contribution in [0.1, 0.15) is 42.7 Å². The van der Waals surface area contributed by atoms with Gasteiger partial charge in [-0.1, -0.05) is 38.1 Å². The van der Waals surface area contributed by atoms with Crippen molar-refractivity contribution in [1.82, 2.24) is 15.2 Å². The zero-order valence-corrected chi connectivity index (χ0v) is 21.0. The Morgan fingerprint density at radius 2 is 2.03 bits per heavy atom. The van der Waals surface area contributed by atoms with Crippen molar-refractivity contribution in [3.8, 4) is 11.8 Å². The third kappa shape index (κ3) is 4.08. The lowest BCUT2D eigenvalue weighted by molar-refractivity contribution is -0.134. The number of nitrogens with zero attached hydrogens (tertiary/aromatic N) is 2. The summed E-state index contributed by atoms with van der Waals surface area (Å²) in [5.41, 5.74) is 1.58. The maximum absolute atomic E-state index is 13.8. The van der Waals surface area contributed by atoms with Crippen LogP contribution in [0, 0.1) is 17.2 Å². The number of para-hydroxylation sites is 1. The van der Waals surface area contributed by atoms with Crippen LogP contribution in [0.5, 0.6) is 5.75 Å². The van der Waals surface area contributed by atoms with Gasteiger partial charge in [-0.15, -0.1) is 0 Å². The molecule has 2 aliphatic heterocycles. The van der Waals surface area contributed by atoms with E-state index in [1.54, 1.807) is 13.2 Å². The van der Waals surface area contributed by atoms with Crippen LogP contribution in [0.2, 0.25) is 0 Å². The van der Waals surface area contributed by atoms with Crippen molar-refractivity contribution in [3.63, 3.8) is 0 Å². The fraction of sp³-hybridized carbons (Fsp3) is 0.357. The number of H-pyrrole nitrogens is 1. The maximum Gasteiger partial charge on any atom is 0.268 e. The van der Waals surface area contributed by atoms with Crippen molar-refractivity contribution >= 4 is 34.3 Å². The van der Waals surface area contributed by atoms with Crippen LogP contribution in [-0.4, -0.2) is 53.3 Å². The molecule has 2 aliphatic rings. The number of carbonyl (C=O) groups is 3. The van der Waals surface area contributed by atoms with E-state index >= 15 is 0 Å². The van der Waals surface area contributed by atoms with Gasteiger partial charge in [-0.05, 0) is 42.2 Å². The monoisotopic (exact) mass is 499 g/mol. The molecule has 3 N–H and O–H groups in total. The number of ether oxygens (including phenoxy) is 1. The van der Waals surface area contributed by atoms with E-state index in [2.05, 4.69) is 21.7 Å². The van der Waals surface area contributed by atoms with E-state index in [0.717, 1.165) is 16.5 Å². The van der Waals surface area contributed by atoms with Crippen molar-refractivity contribution in [2.45, 2.75) is 44.2 Å². The van der Waals surface area contributed by atoms with Crippen LogP contribution >= 0.6 is 0 Å². The SMILES string of the molecule is COc1cccc2[nH]c(C(=O)N[C@H](CC(C)C)C(=O)N3C[C@]4(C[C@H]3C#N)C(=O)Nc3ccccc34)cc12. The number of fused-ring (bicyclic) bond motifs is 3. The van der Waals surface area contributed by atoms with Crippen LogP contribution in [-0.2, 0) is 15.0 Å². The Hall–Kier alpha value is -4.32. The zero-order valence-electron chi connectivity index (χ0n) is 21.0. The highest BCUT2D eigenvalue weighted by atomic mass is 16.5. The van der Waals surface area contributed by atoms with Crippen LogP contribution in [0.25, 0.3) is 10.9 Å². The molecule has 0 saturated carbocycles. The van der Waals surface area contributed by atoms with Gasteiger partial charge in [-0.3, -0.25) is 14.4 Å². The second kappa shape index (κ2) is 9.28. The molecule has 0 radical (unpaired) electrons. The highest BCUT2D eigenvalue weighted by Crippen LogP contribution is 2.46. The number of amides is 3.